The summed E-state index contributed by atoms with van der Waals surface area (Å²) in [6.45, 7) is 6.05. The minimum Gasteiger partial charge on any atom is -0.482 e. The Morgan fingerprint density at radius 3 is 2.72 bits per heavy atom. The van der Waals surface area contributed by atoms with Gasteiger partial charge < -0.3 is 29.9 Å². The molecule has 1 fully saturated rings. The van der Waals surface area contributed by atoms with Gasteiger partial charge in [0.2, 0.25) is 11.8 Å². The Morgan fingerprint density at radius 1 is 1.28 bits per heavy atom. The van der Waals surface area contributed by atoms with Crippen molar-refractivity contribution in [2.45, 2.75) is 50.9 Å². The number of rotatable bonds is 12. The van der Waals surface area contributed by atoms with Crippen molar-refractivity contribution in [3.63, 3.8) is 0 Å². The van der Waals surface area contributed by atoms with Crippen LogP contribution in [0.25, 0.3) is 0 Å². The molecule has 200 valence electrons. The Morgan fingerprint density at radius 2 is 2.03 bits per heavy atom. The summed E-state index contributed by atoms with van der Waals surface area (Å²) in [5.74, 6) is 0.247. The standard InChI is InChI=1S/C26H38IN3O6/c1-2-3-8-24(32)30(11-10-29-12-15-35-16-13-29)21-17-19(26(34)28-9-14-31)18-23(25(21)33)36-22-7-5-4-6-20(22)27/h4-7,18,21,23,25,31,33H,2-3,8-17H2,1H3,(H,28,34)/t21-,23+,25+/m1/s1. The molecule has 1 saturated heterocycles. The Kier molecular flexibility index (Phi) is 11.9. The molecule has 36 heavy (non-hydrogen) atoms. The first kappa shape index (κ1) is 28.8. The summed E-state index contributed by atoms with van der Waals surface area (Å²) in [6, 6.07) is 6.87. The predicted octanol–water partition coefficient (Wildman–Crippen LogP) is 1.56. The number of amides is 2. The molecule has 0 bridgehead atoms. The lowest BCUT2D eigenvalue weighted by molar-refractivity contribution is -0.139. The fourth-order valence-corrected chi connectivity index (χ4v) is 5.00. The van der Waals surface area contributed by atoms with Crippen molar-refractivity contribution in [2.24, 2.45) is 0 Å². The molecule has 3 rings (SSSR count). The molecule has 10 heteroatoms. The zero-order valence-corrected chi connectivity index (χ0v) is 23.1. The van der Waals surface area contributed by atoms with Gasteiger partial charge in [-0.05, 0) is 47.2 Å². The van der Waals surface area contributed by atoms with E-state index in [2.05, 4.69) is 32.8 Å². The van der Waals surface area contributed by atoms with E-state index >= 15 is 0 Å². The lowest BCUT2D eigenvalue weighted by Gasteiger charge is -2.41. The maximum atomic E-state index is 13.4. The number of aliphatic hydroxyl groups excluding tert-OH is 2. The van der Waals surface area contributed by atoms with Gasteiger partial charge in [0.25, 0.3) is 0 Å². The van der Waals surface area contributed by atoms with Gasteiger partial charge in [-0.2, -0.15) is 0 Å². The van der Waals surface area contributed by atoms with Crippen LogP contribution in [0.1, 0.15) is 32.6 Å². The number of nitrogens with one attached hydrogen (secondary N) is 1. The zero-order chi connectivity index (χ0) is 25.9. The summed E-state index contributed by atoms with van der Waals surface area (Å²) >= 11 is 2.17. The third kappa shape index (κ3) is 8.14. The monoisotopic (exact) mass is 615 g/mol. The molecule has 0 unspecified atom stereocenters. The summed E-state index contributed by atoms with van der Waals surface area (Å²) in [4.78, 5) is 30.3. The second-order valence-corrected chi connectivity index (χ2v) is 10.3. The van der Waals surface area contributed by atoms with E-state index < -0.39 is 18.2 Å². The first-order chi connectivity index (χ1) is 17.4. The highest BCUT2D eigenvalue weighted by Crippen LogP contribution is 2.30. The summed E-state index contributed by atoms with van der Waals surface area (Å²) in [6.07, 6.45) is 2.09. The molecule has 0 saturated carbocycles. The molecule has 1 aromatic carbocycles. The van der Waals surface area contributed by atoms with Gasteiger partial charge in [0.15, 0.2) is 0 Å². The molecular formula is C26H38IN3O6. The Bertz CT molecular complexity index is 892. The van der Waals surface area contributed by atoms with Crippen molar-refractivity contribution in [3.8, 4) is 5.75 Å². The van der Waals surface area contributed by atoms with Crippen LogP contribution >= 0.6 is 22.6 Å². The number of nitrogens with zero attached hydrogens (tertiary/aromatic N) is 2. The van der Waals surface area contributed by atoms with E-state index in [0.717, 1.165) is 29.5 Å². The largest absolute Gasteiger partial charge is 0.482 e. The topological polar surface area (TPSA) is 112 Å². The van der Waals surface area contributed by atoms with E-state index in [1.165, 1.54) is 0 Å². The quantitative estimate of drug-likeness (QED) is 0.306. The number of carbonyl (C=O) groups excluding carboxylic acids is 2. The van der Waals surface area contributed by atoms with Crippen LogP contribution in [0.4, 0.5) is 0 Å². The lowest BCUT2D eigenvalue weighted by Crippen LogP contribution is -2.56. The van der Waals surface area contributed by atoms with Gasteiger partial charge in [0.05, 0.1) is 29.4 Å². The number of morpholine rings is 1. The number of ether oxygens (including phenoxy) is 2. The van der Waals surface area contributed by atoms with Gasteiger partial charge in [0, 0.05) is 51.1 Å². The Hall–Kier alpha value is -1.73. The van der Waals surface area contributed by atoms with Gasteiger partial charge in [-0.1, -0.05) is 25.5 Å². The molecule has 3 N–H and O–H groups in total. The molecule has 9 nitrogen and oxygen atoms in total. The van der Waals surface area contributed by atoms with Crippen molar-refractivity contribution in [1.82, 2.24) is 15.1 Å². The normalized spacial score (nSPS) is 22.6. The van der Waals surface area contributed by atoms with E-state index in [4.69, 9.17) is 14.6 Å². The number of para-hydroxylation sites is 1. The third-order valence-corrected chi connectivity index (χ3v) is 7.43. The number of hydrogen-bond acceptors (Lipinski definition) is 7. The number of unbranched alkanes of at least 4 members (excludes halogenated alkanes) is 1. The predicted molar refractivity (Wildman–Crippen MR) is 145 cm³/mol. The minimum atomic E-state index is -1.01. The smallest absolute Gasteiger partial charge is 0.247 e. The Balaban J connectivity index is 1.86. The molecule has 2 aliphatic rings. The SMILES string of the molecule is CCCCC(=O)N(CCN1CCOCC1)[C@@H]1CC(C(=O)NCCO)=C[C@H](Oc2ccccc2I)[C@H]1O. The van der Waals surface area contributed by atoms with Crippen molar-refractivity contribution >= 4 is 34.4 Å². The molecule has 0 aromatic heterocycles. The maximum Gasteiger partial charge on any atom is 0.247 e. The van der Waals surface area contributed by atoms with Gasteiger partial charge in [-0.15, -0.1) is 0 Å². The molecule has 1 aliphatic heterocycles. The first-order valence-electron chi connectivity index (χ1n) is 12.7. The second-order valence-electron chi connectivity index (χ2n) is 9.09. The van der Waals surface area contributed by atoms with Crippen LogP contribution in [-0.2, 0) is 14.3 Å². The molecule has 2 amide bonds. The summed E-state index contributed by atoms with van der Waals surface area (Å²) < 4.78 is 12.5. The first-order valence-corrected chi connectivity index (χ1v) is 13.8. The van der Waals surface area contributed by atoms with Crippen molar-refractivity contribution in [2.75, 3.05) is 52.5 Å². The van der Waals surface area contributed by atoms with Gasteiger partial charge in [-0.3, -0.25) is 14.5 Å². The van der Waals surface area contributed by atoms with E-state index in [1.807, 2.05) is 31.2 Å². The van der Waals surface area contributed by atoms with Crippen LogP contribution < -0.4 is 10.1 Å². The number of carbonyl (C=O) groups is 2. The van der Waals surface area contributed by atoms with Crippen LogP contribution in [0.5, 0.6) is 5.75 Å². The highest BCUT2D eigenvalue weighted by atomic mass is 127. The fraction of sp³-hybridized carbons (Fsp3) is 0.615. The van der Waals surface area contributed by atoms with Gasteiger partial charge >= 0.3 is 0 Å². The summed E-state index contributed by atoms with van der Waals surface area (Å²) in [5, 5.41) is 23.3. The Labute approximate surface area is 226 Å². The molecule has 1 heterocycles. The highest BCUT2D eigenvalue weighted by molar-refractivity contribution is 14.1. The van der Waals surface area contributed by atoms with Crippen LogP contribution in [0.15, 0.2) is 35.9 Å². The number of aliphatic hydroxyl groups is 2. The fourth-order valence-electron chi connectivity index (χ4n) is 4.49. The molecule has 0 spiro atoms. The summed E-state index contributed by atoms with van der Waals surface area (Å²) in [5.41, 5.74) is 0.439. The third-order valence-electron chi connectivity index (χ3n) is 6.54. The number of hydrogen-bond donors (Lipinski definition) is 3. The van der Waals surface area contributed by atoms with E-state index in [9.17, 15) is 14.7 Å². The molecule has 3 atom stereocenters. The van der Waals surface area contributed by atoms with Crippen LogP contribution in [-0.4, -0.2) is 103 Å². The maximum absolute atomic E-state index is 13.4. The van der Waals surface area contributed by atoms with E-state index in [0.29, 0.717) is 44.0 Å². The van der Waals surface area contributed by atoms with Crippen molar-refractivity contribution in [3.05, 3.63) is 39.5 Å². The van der Waals surface area contributed by atoms with Crippen molar-refractivity contribution in [1.29, 1.82) is 0 Å². The van der Waals surface area contributed by atoms with E-state index in [-0.39, 0.29) is 31.4 Å². The minimum absolute atomic E-state index is 0.0285. The average Bonchev–Trinajstić information content (AvgIpc) is 2.89. The molecule has 0 radical (unpaired) electrons. The van der Waals surface area contributed by atoms with Crippen LogP contribution in [0.3, 0.4) is 0 Å². The van der Waals surface area contributed by atoms with Gasteiger partial charge in [0.1, 0.15) is 18.0 Å². The van der Waals surface area contributed by atoms with Crippen molar-refractivity contribution < 1.29 is 29.3 Å². The van der Waals surface area contributed by atoms with Gasteiger partial charge in [-0.25, -0.2) is 0 Å². The molecule has 1 aliphatic carbocycles. The zero-order valence-electron chi connectivity index (χ0n) is 20.9. The highest BCUT2D eigenvalue weighted by Gasteiger charge is 2.40. The number of halogens is 1. The molecular weight excluding hydrogens is 577 g/mol. The second kappa shape index (κ2) is 14.9. The molecule has 1 aromatic rings. The number of benzene rings is 1. The van der Waals surface area contributed by atoms with Crippen LogP contribution in [0, 0.1) is 3.57 Å². The summed E-state index contributed by atoms with van der Waals surface area (Å²) in [7, 11) is 0. The van der Waals surface area contributed by atoms with E-state index in [1.54, 1.807) is 11.0 Å². The van der Waals surface area contributed by atoms with Crippen LogP contribution in [0.2, 0.25) is 0 Å². The average molecular weight is 616 g/mol. The lowest BCUT2D eigenvalue weighted by atomic mass is 9.88.